The van der Waals surface area contributed by atoms with E-state index in [-0.39, 0.29) is 6.15 Å². The van der Waals surface area contributed by atoms with Crippen LogP contribution < -0.4 is 6.15 Å². The molecular formula is CH5NO6P2+2. The second-order valence-electron chi connectivity index (χ2n) is 1.05. The highest BCUT2D eigenvalue weighted by Gasteiger charge is 2.51. The Kier molecular flexibility index (Phi) is 4.00. The number of hydrogen-bond donors (Lipinski definition) is 2. The van der Waals surface area contributed by atoms with Crippen molar-refractivity contribution in [1.82, 2.24) is 6.15 Å². The second kappa shape index (κ2) is 4.00. The van der Waals surface area contributed by atoms with Crippen molar-refractivity contribution in [2.24, 2.45) is 0 Å². The van der Waals surface area contributed by atoms with Crippen molar-refractivity contribution in [3.8, 4) is 0 Å². The summed E-state index contributed by atoms with van der Waals surface area (Å²) in [6.45, 7) is -1.70. The molecule has 9 heteroatoms. The molecule has 0 spiro atoms. The Bertz CT molecular complexity index is 142. The predicted octanol–water partition coefficient (Wildman–Crippen LogP) is 0.802. The fourth-order valence-corrected chi connectivity index (χ4v) is 1.45. The third-order valence-corrected chi connectivity index (χ3v) is 2.26. The van der Waals surface area contributed by atoms with Crippen LogP contribution in [-0.4, -0.2) is 11.6 Å². The molecule has 1 rings (SSSR count). The van der Waals surface area contributed by atoms with E-state index >= 15 is 0 Å². The number of aliphatic hydroxyl groups excluding tert-OH is 1. The Hall–Kier alpha value is -0.0000000000000000486. The Morgan fingerprint density at radius 1 is 1.20 bits per heavy atom. The third-order valence-electron chi connectivity index (χ3n) is 0.486. The Morgan fingerprint density at radius 3 is 1.90 bits per heavy atom. The number of rotatable bonds is 0. The van der Waals surface area contributed by atoms with Gasteiger partial charge < -0.3 is 11.3 Å². The van der Waals surface area contributed by atoms with Crippen LogP contribution in [0.1, 0.15) is 0 Å². The molecule has 1 aliphatic rings. The van der Waals surface area contributed by atoms with Crippen molar-refractivity contribution in [3.63, 3.8) is 0 Å². The van der Waals surface area contributed by atoms with E-state index < -0.39 is 23.0 Å². The van der Waals surface area contributed by atoms with Gasteiger partial charge in [-0.15, -0.1) is 0 Å². The number of hydrogen-bond acceptors (Lipinski definition) is 7. The van der Waals surface area contributed by atoms with Gasteiger partial charge in [0.2, 0.25) is 0 Å². The summed E-state index contributed by atoms with van der Waals surface area (Å²) in [6, 6.07) is 0. The molecule has 1 heterocycles. The van der Waals surface area contributed by atoms with Gasteiger partial charge in [0.1, 0.15) is 0 Å². The topological polar surface area (TPSA) is 117 Å². The summed E-state index contributed by atoms with van der Waals surface area (Å²) in [5.41, 5.74) is 0. The van der Waals surface area contributed by atoms with Crippen LogP contribution in [-0.2, 0) is 22.5 Å². The van der Waals surface area contributed by atoms with Gasteiger partial charge in [-0.1, -0.05) is 0 Å². The molecule has 4 N–H and O–H groups in total. The van der Waals surface area contributed by atoms with Crippen molar-refractivity contribution in [2.75, 3.05) is 0 Å². The zero-order valence-corrected chi connectivity index (χ0v) is 6.46. The van der Waals surface area contributed by atoms with Crippen molar-refractivity contribution in [1.29, 1.82) is 0 Å². The summed E-state index contributed by atoms with van der Waals surface area (Å²) in [7, 11) is -4.96. The van der Waals surface area contributed by atoms with E-state index in [9.17, 15) is 9.13 Å². The van der Waals surface area contributed by atoms with Crippen LogP contribution >= 0.6 is 16.5 Å². The summed E-state index contributed by atoms with van der Waals surface area (Å²) in [6.07, 6.45) is 0. The smallest absolute Gasteiger partial charge is 0.344 e. The highest BCUT2D eigenvalue weighted by atomic mass is 31.2. The highest BCUT2D eigenvalue weighted by Crippen LogP contribution is 2.46. The zero-order valence-electron chi connectivity index (χ0n) is 4.67. The van der Waals surface area contributed by atoms with Crippen LogP contribution in [0.2, 0.25) is 0 Å². The van der Waals surface area contributed by atoms with Gasteiger partial charge in [0.25, 0.3) is 0 Å². The van der Waals surface area contributed by atoms with Crippen LogP contribution in [0.15, 0.2) is 0 Å². The molecule has 1 saturated heterocycles. The number of aliphatic hydroxyl groups is 1. The summed E-state index contributed by atoms with van der Waals surface area (Å²) in [5, 5.41) is 8.36. The van der Waals surface area contributed by atoms with Gasteiger partial charge in [0.15, 0.2) is 4.31 Å². The van der Waals surface area contributed by atoms with Crippen molar-refractivity contribution < 1.29 is 27.6 Å². The lowest BCUT2D eigenvalue weighted by molar-refractivity contribution is -0.170. The lowest BCUT2D eigenvalue weighted by Crippen LogP contribution is -2.11. The monoisotopic (exact) mass is 189 g/mol. The molecule has 0 aromatic carbocycles. The zero-order chi connectivity index (χ0) is 6.85. The highest BCUT2D eigenvalue weighted by molar-refractivity contribution is 7.48. The van der Waals surface area contributed by atoms with Crippen LogP contribution in [0, 0.1) is 0 Å². The summed E-state index contributed by atoms with van der Waals surface area (Å²) in [4.78, 5) is 0. The van der Waals surface area contributed by atoms with Gasteiger partial charge >= 0.3 is 23.0 Å². The van der Waals surface area contributed by atoms with Gasteiger partial charge in [-0.05, 0) is 9.05 Å². The molecule has 0 saturated carbocycles. The maximum Gasteiger partial charge on any atom is 0.753 e. The quantitative estimate of drug-likeness (QED) is 0.541. The lowest BCUT2D eigenvalue weighted by Gasteiger charge is -1.93. The minimum absolute atomic E-state index is 0. The van der Waals surface area contributed by atoms with Crippen LogP contribution in [0.3, 0.4) is 0 Å². The van der Waals surface area contributed by atoms with Crippen LogP contribution in [0.25, 0.3) is 0 Å². The molecule has 0 aromatic rings. The summed E-state index contributed by atoms with van der Waals surface area (Å²) < 4.78 is 32.3. The molecule has 58 valence electrons. The molecule has 10 heavy (non-hydrogen) atoms. The minimum atomic E-state index is -2.48. The summed E-state index contributed by atoms with van der Waals surface area (Å²) in [5.74, 6) is 0. The largest absolute Gasteiger partial charge is 0.753 e. The molecule has 0 aliphatic carbocycles. The van der Waals surface area contributed by atoms with Gasteiger partial charge in [-0.3, -0.25) is 0 Å². The Labute approximate surface area is 57.8 Å². The van der Waals surface area contributed by atoms with E-state index in [2.05, 4.69) is 13.4 Å². The molecule has 1 fully saturated rings. The first-order chi connectivity index (χ1) is 4.18. The maximum absolute atomic E-state index is 10.2. The maximum atomic E-state index is 10.2. The fraction of sp³-hybridized carbons (Fsp3) is 1.00. The molecule has 0 aromatic heterocycles. The van der Waals surface area contributed by atoms with Crippen molar-refractivity contribution in [3.05, 3.63) is 0 Å². The molecule has 0 bridgehead atoms. The van der Waals surface area contributed by atoms with E-state index in [0.717, 1.165) is 0 Å². The Balaban J connectivity index is 0.000000810. The summed E-state index contributed by atoms with van der Waals surface area (Å²) >= 11 is 0. The predicted molar refractivity (Wildman–Crippen MR) is 29.5 cm³/mol. The first-order valence-corrected chi connectivity index (χ1v) is 4.02. The molecule has 7 nitrogen and oxygen atoms in total. The molecule has 2 unspecified atom stereocenters. The fourth-order valence-electron chi connectivity index (χ4n) is 0.259. The lowest BCUT2D eigenvalue weighted by atomic mass is 11.4. The first kappa shape index (κ1) is 10.0. The second-order valence-corrected chi connectivity index (χ2v) is 3.02. The van der Waals surface area contributed by atoms with E-state index in [1.54, 1.807) is 0 Å². The van der Waals surface area contributed by atoms with E-state index in [0.29, 0.717) is 0 Å². The van der Waals surface area contributed by atoms with Crippen LogP contribution in [0.5, 0.6) is 0 Å². The van der Waals surface area contributed by atoms with Gasteiger partial charge in [-0.2, -0.15) is 0 Å². The van der Waals surface area contributed by atoms with E-state index in [1.165, 1.54) is 0 Å². The minimum Gasteiger partial charge on any atom is -0.344 e. The van der Waals surface area contributed by atoms with Gasteiger partial charge in [0.05, 0.1) is 0 Å². The molecule has 1 aliphatic heterocycles. The first-order valence-electron chi connectivity index (χ1n) is 1.83. The average molecular weight is 189 g/mol. The molecule has 2 atom stereocenters. The van der Waals surface area contributed by atoms with E-state index in [1.807, 2.05) is 0 Å². The molecular weight excluding hydrogens is 184 g/mol. The van der Waals surface area contributed by atoms with Gasteiger partial charge in [-0.25, -0.2) is 0 Å². The van der Waals surface area contributed by atoms with Crippen molar-refractivity contribution >= 4 is 16.5 Å². The van der Waals surface area contributed by atoms with Crippen molar-refractivity contribution in [2.45, 2.75) is 6.48 Å². The third kappa shape index (κ3) is 2.72. The SMILES string of the molecule is N.O=[P+]1OC(O)O[P+](=O)O1. The average Bonchev–Trinajstić information content (AvgIpc) is 1.59. The van der Waals surface area contributed by atoms with Gasteiger partial charge in [0, 0.05) is 9.13 Å². The van der Waals surface area contributed by atoms with E-state index in [4.69, 9.17) is 5.11 Å². The normalized spacial score (nSPS) is 33.1. The molecule has 0 radical (unpaired) electrons. The standard InChI is InChI=1S/CH2O6P2.H3N/c2-1-5-8(3)7-9(4)6-1;/h1-2H;1H3/q+2;. The Morgan fingerprint density at radius 2 is 1.60 bits per heavy atom. The van der Waals surface area contributed by atoms with Crippen LogP contribution in [0.4, 0.5) is 0 Å². The molecule has 0 amide bonds.